The monoisotopic (exact) mass is 319 g/mol. The average molecular weight is 319 g/mol. The molecule has 2 rings (SSSR count). The average Bonchev–Trinajstić information content (AvgIpc) is 2.97. The number of nitrogens with one attached hydrogen (secondary N) is 3. The van der Waals surface area contributed by atoms with Gasteiger partial charge in [-0.1, -0.05) is 35.9 Å². The Labute approximate surface area is 133 Å². The Balaban J connectivity index is 1.67. The van der Waals surface area contributed by atoms with E-state index < -0.39 is 0 Å². The molecule has 0 saturated carbocycles. The van der Waals surface area contributed by atoms with Crippen LogP contribution in [0, 0.1) is 6.92 Å². The van der Waals surface area contributed by atoms with Gasteiger partial charge < -0.3 is 5.32 Å². The van der Waals surface area contributed by atoms with E-state index in [1.165, 1.54) is 5.56 Å². The van der Waals surface area contributed by atoms with Crippen molar-refractivity contribution >= 4 is 34.6 Å². The molecule has 0 atom stereocenters. The van der Waals surface area contributed by atoms with Crippen LogP contribution >= 0.6 is 23.6 Å². The van der Waals surface area contributed by atoms with E-state index in [-0.39, 0.29) is 5.91 Å². The van der Waals surface area contributed by atoms with Crippen molar-refractivity contribution in [2.24, 2.45) is 0 Å². The standard InChI is InChI=1S/C15H17N3OS2/c1-11-4-6-12(7-5-11)10-16-15(20)18-17-14(19)9-13-3-2-8-21-13/h2-8H,9-10H2,1H3,(H,17,19)(H2,16,18,20). The Morgan fingerprint density at radius 1 is 1.19 bits per heavy atom. The van der Waals surface area contributed by atoms with Crippen molar-refractivity contribution in [3.63, 3.8) is 0 Å². The van der Waals surface area contributed by atoms with Crippen molar-refractivity contribution < 1.29 is 4.79 Å². The first kappa shape index (κ1) is 15.5. The Kier molecular flexibility index (Phi) is 5.71. The van der Waals surface area contributed by atoms with Gasteiger partial charge in [0.05, 0.1) is 6.42 Å². The Morgan fingerprint density at radius 2 is 1.95 bits per heavy atom. The van der Waals surface area contributed by atoms with Crippen LogP contribution < -0.4 is 16.2 Å². The minimum absolute atomic E-state index is 0.114. The van der Waals surface area contributed by atoms with Crippen molar-refractivity contribution in [2.45, 2.75) is 19.9 Å². The summed E-state index contributed by atoms with van der Waals surface area (Å²) in [6.45, 7) is 2.67. The summed E-state index contributed by atoms with van der Waals surface area (Å²) in [6, 6.07) is 12.0. The first-order valence-corrected chi connectivity index (χ1v) is 7.83. The maximum atomic E-state index is 11.7. The highest BCUT2D eigenvalue weighted by molar-refractivity contribution is 7.80. The Morgan fingerprint density at radius 3 is 2.62 bits per heavy atom. The molecule has 1 aromatic heterocycles. The summed E-state index contributed by atoms with van der Waals surface area (Å²) in [4.78, 5) is 12.7. The van der Waals surface area contributed by atoms with Crippen LogP contribution in [0.15, 0.2) is 41.8 Å². The van der Waals surface area contributed by atoms with Crippen LogP contribution in [0.25, 0.3) is 0 Å². The van der Waals surface area contributed by atoms with Crippen LogP contribution in [0.3, 0.4) is 0 Å². The molecule has 0 unspecified atom stereocenters. The van der Waals surface area contributed by atoms with E-state index in [0.717, 1.165) is 10.4 Å². The quantitative estimate of drug-likeness (QED) is 0.598. The number of thiophene rings is 1. The van der Waals surface area contributed by atoms with E-state index in [9.17, 15) is 4.79 Å². The molecule has 110 valence electrons. The van der Waals surface area contributed by atoms with Gasteiger partial charge in [0.25, 0.3) is 0 Å². The van der Waals surface area contributed by atoms with E-state index in [1.807, 2.05) is 36.6 Å². The van der Waals surface area contributed by atoms with E-state index in [0.29, 0.717) is 18.1 Å². The molecular formula is C15H17N3OS2. The van der Waals surface area contributed by atoms with Gasteiger partial charge in [-0.25, -0.2) is 0 Å². The predicted octanol–water partition coefficient (Wildman–Crippen LogP) is 2.29. The van der Waals surface area contributed by atoms with Crippen molar-refractivity contribution in [3.8, 4) is 0 Å². The number of carbonyl (C=O) groups excluding carboxylic acids is 1. The molecule has 1 amide bonds. The van der Waals surface area contributed by atoms with Crippen LogP contribution in [-0.4, -0.2) is 11.0 Å². The summed E-state index contributed by atoms with van der Waals surface area (Å²) in [5, 5.41) is 5.39. The van der Waals surface area contributed by atoms with Crippen LogP contribution in [0.4, 0.5) is 0 Å². The third-order valence-corrected chi connectivity index (χ3v) is 3.93. The van der Waals surface area contributed by atoms with Gasteiger partial charge in [-0.2, -0.15) is 0 Å². The van der Waals surface area contributed by atoms with Gasteiger partial charge in [0.15, 0.2) is 5.11 Å². The number of hydrogen-bond donors (Lipinski definition) is 3. The summed E-state index contributed by atoms with van der Waals surface area (Å²) in [6.07, 6.45) is 0.352. The molecule has 0 fully saturated rings. The summed E-state index contributed by atoms with van der Waals surface area (Å²) in [5.74, 6) is -0.114. The maximum absolute atomic E-state index is 11.7. The molecule has 3 N–H and O–H groups in total. The molecule has 0 aliphatic rings. The third kappa shape index (κ3) is 5.53. The highest BCUT2D eigenvalue weighted by Gasteiger charge is 2.04. The molecule has 0 spiro atoms. The molecule has 0 aliphatic carbocycles. The van der Waals surface area contributed by atoms with Crippen LogP contribution in [0.2, 0.25) is 0 Å². The lowest BCUT2D eigenvalue weighted by Crippen LogP contribution is -2.46. The minimum atomic E-state index is -0.114. The topological polar surface area (TPSA) is 53.2 Å². The fraction of sp³-hybridized carbons (Fsp3) is 0.200. The van der Waals surface area contributed by atoms with Gasteiger partial charge in [-0.15, -0.1) is 11.3 Å². The van der Waals surface area contributed by atoms with E-state index in [1.54, 1.807) is 11.3 Å². The molecule has 1 aromatic carbocycles. The zero-order valence-electron chi connectivity index (χ0n) is 11.7. The first-order valence-electron chi connectivity index (χ1n) is 6.54. The second-order valence-electron chi connectivity index (χ2n) is 4.60. The summed E-state index contributed by atoms with van der Waals surface area (Å²) < 4.78 is 0. The zero-order chi connectivity index (χ0) is 15.1. The molecule has 1 heterocycles. The number of thiocarbonyl (C=S) groups is 1. The number of aryl methyl sites for hydroxylation is 1. The molecule has 0 saturated heterocycles. The summed E-state index contributed by atoms with van der Waals surface area (Å²) >= 11 is 6.67. The summed E-state index contributed by atoms with van der Waals surface area (Å²) in [7, 11) is 0. The molecule has 0 radical (unpaired) electrons. The zero-order valence-corrected chi connectivity index (χ0v) is 13.3. The smallest absolute Gasteiger partial charge is 0.243 e. The number of hydrazine groups is 1. The van der Waals surface area contributed by atoms with Crippen LogP contribution in [0.1, 0.15) is 16.0 Å². The fourth-order valence-corrected chi connectivity index (χ4v) is 2.50. The molecule has 21 heavy (non-hydrogen) atoms. The van der Waals surface area contributed by atoms with Crippen LogP contribution in [-0.2, 0) is 17.8 Å². The van der Waals surface area contributed by atoms with Crippen molar-refractivity contribution in [3.05, 3.63) is 57.8 Å². The second kappa shape index (κ2) is 7.75. The molecule has 6 heteroatoms. The lowest BCUT2D eigenvalue weighted by molar-refractivity contribution is -0.120. The summed E-state index contributed by atoms with van der Waals surface area (Å²) in [5.41, 5.74) is 7.64. The molecule has 0 aliphatic heterocycles. The molecule has 0 bridgehead atoms. The van der Waals surface area contributed by atoms with E-state index >= 15 is 0 Å². The first-order chi connectivity index (χ1) is 10.1. The molecular weight excluding hydrogens is 302 g/mol. The highest BCUT2D eigenvalue weighted by atomic mass is 32.1. The Bertz CT molecular complexity index is 594. The van der Waals surface area contributed by atoms with Gasteiger partial charge in [-0.05, 0) is 36.2 Å². The maximum Gasteiger partial charge on any atom is 0.243 e. The van der Waals surface area contributed by atoms with Crippen molar-refractivity contribution in [1.29, 1.82) is 0 Å². The predicted molar refractivity (Wildman–Crippen MR) is 89.9 cm³/mol. The lowest BCUT2D eigenvalue weighted by Gasteiger charge is -2.11. The number of hydrogen-bond acceptors (Lipinski definition) is 3. The van der Waals surface area contributed by atoms with Crippen LogP contribution in [0.5, 0.6) is 0 Å². The normalized spacial score (nSPS) is 9.95. The van der Waals surface area contributed by atoms with Gasteiger partial charge in [0.2, 0.25) is 5.91 Å². The number of rotatable bonds is 4. The van der Waals surface area contributed by atoms with Gasteiger partial charge >= 0.3 is 0 Å². The van der Waals surface area contributed by atoms with Crippen molar-refractivity contribution in [2.75, 3.05) is 0 Å². The number of amides is 1. The highest BCUT2D eigenvalue weighted by Crippen LogP contribution is 2.08. The fourth-order valence-electron chi connectivity index (χ4n) is 1.67. The number of carbonyl (C=O) groups is 1. The van der Waals surface area contributed by atoms with Gasteiger partial charge in [-0.3, -0.25) is 15.6 Å². The molecule has 4 nitrogen and oxygen atoms in total. The van der Waals surface area contributed by atoms with E-state index in [4.69, 9.17) is 12.2 Å². The minimum Gasteiger partial charge on any atom is -0.357 e. The van der Waals surface area contributed by atoms with Gasteiger partial charge in [0.1, 0.15) is 0 Å². The molecule has 2 aromatic rings. The lowest BCUT2D eigenvalue weighted by atomic mass is 10.1. The SMILES string of the molecule is Cc1ccc(CNC(=S)NNC(=O)Cc2cccs2)cc1. The number of benzene rings is 1. The second-order valence-corrected chi connectivity index (χ2v) is 6.04. The largest absolute Gasteiger partial charge is 0.357 e. The van der Waals surface area contributed by atoms with E-state index in [2.05, 4.69) is 28.3 Å². The Hall–Kier alpha value is -1.92. The van der Waals surface area contributed by atoms with Crippen molar-refractivity contribution in [1.82, 2.24) is 16.2 Å². The third-order valence-electron chi connectivity index (χ3n) is 2.80. The van der Waals surface area contributed by atoms with Gasteiger partial charge in [0, 0.05) is 11.4 Å².